The number of hydrogen-bond acceptors (Lipinski definition) is 0. The molecular formula is C7H7Si2. The molecule has 0 saturated carbocycles. The predicted molar refractivity (Wildman–Crippen MR) is 42.3 cm³/mol. The van der Waals surface area contributed by atoms with E-state index in [-0.39, 0.29) is 0 Å². The van der Waals surface area contributed by atoms with Crippen molar-refractivity contribution >= 4 is 24.0 Å². The number of rotatable bonds is 1. The van der Waals surface area contributed by atoms with Crippen LogP contribution in [0.15, 0.2) is 24.3 Å². The maximum absolute atomic E-state index is 3.48. The van der Waals surface area contributed by atoms with Crippen LogP contribution < -0.4 is 5.19 Å². The van der Waals surface area contributed by atoms with Crippen molar-refractivity contribution in [3.05, 3.63) is 29.8 Å². The summed E-state index contributed by atoms with van der Waals surface area (Å²) in [5.74, 6) is 0. The van der Waals surface area contributed by atoms with Crippen LogP contribution in [0.5, 0.6) is 0 Å². The van der Waals surface area contributed by atoms with E-state index in [1.54, 1.807) is 0 Å². The molecule has 1 rings (SSSR count). The van der Waals surface area contributed by atoms with Gasteiger partial charge >= 0.3 is 0 Å². The van der Waals surface area contributed by atoms with Crippen LogP contribution in [-0.2, 0) is 0 Å². The average Bonchev–Trinajstić information content (AvgIpc) is 1.89. The number of benzene rings is 1. The van der Waals surface area contributed by atoms with Gasteiger partial charge in [-0.25, -0.2) is 0 Å². The second-order valence-corrected chi connectivity index (χ2v) is 3.48. The lowest BCUT2D eigenvalue weighted by atomic mass is 10.2. The van der Waals surface area contributed by atoms with Crippen molar-refractivity contribution < 1.29 is 0 Å². The molecule has 0 spiro atoms. The molecule has 9 heavy (non-hydrogen) atoms. The Bertz CT molecular complexity index is 196. The fourth-order valence-electron chi connectivity index (χ4n) is 0.713. The van der Waals surface area contributed by atoms with Crippen LogP contribution in [0.25, 0.3) is 0 Å². The van der Waals surface area contributed by atoms with Gasteiger partial charge in [-0.1, -0.05) is 35.0 Å². The van der Waals surface area contributed by atoms with Gasteiger partial charge in [-0.15, -0.1) is 0 Å². The normalized spacial score (nSPS) is 9.56. The van der Waals surface area contributed by atoms with Crippen molar-refractivity contribution in [2.75, 3.05) is 0 Å². The maximum Gasteiger partial charge on any atom is 0.0607 e. The van der Waals surface area contributed by atoms with Gasteiger partial charge in [-0.2, -0.15) is 0 Å². The van der Waals surface area contributed by atoms with Crippen molar-refractivity contribution in [3.63, 3.8) is 0 Å². The smallest absolute Gasteiger partial charge is 0.0607 e. The van der Waals surface area contributed by atoms with Gasteiger partial charge in [0.1, 0.15) is 0 Å². The van der Waals surface area contributed by atoms with E-state index in [4.69, 9.17) is 0 Å². The Morgan fingerprint density at radius 3 is 2.44 bits per heavy atom. The zero-order valence-electron chi connectivity index (χ0n) is 5.31. The van der Waals surface area contributed by atoms with Crippen LogP contribution in [0.3, 0.4) is 0 Å². The molecule has 0 nitrogen and oxygen atoms in total. The number of hydrogen-bond donors (Lipinski definition) is 0. The summed E-state index contributed by atoms with van der Waals surface area (Å²) in [5, 5.41) is 1.40. The van der Waals surface area contributed by atoms with E-state index in [9.17, 15) is 0 Å². The van der Waals surface area contributed by atoms with Crippen molar-refractivity contribution in [2.45, 2.75) is 6.92 Å². The molecular weight excluding hydrogens is 140 g/mol. The summed E-state index contributed by atoms with van der Waals surface area (Å²) in [4.78, 5) is 0. The molecule has 0 heterocycles. The maximum atomic E-state index is 3.48. The zero-order chi connectivity index (χ0) is 6.69. The summed E-state index contributed by atoms with van der Waals surface area (Å²) < 4.78 is 0. The lowest BCUT2D eigenvalue weighted by molar-refractivity contribution is 1.52. The van der Waals surface area contributed by atoms with Crippen molar-refractivity contribution in [1.82, 2.24) is 0 Å². The Kier molecular flexibility index (Phi) is 2.25. The van der Waals surface area contributed by atoms with Crippen molar-refractivity contribution in [3.8, 4) is 0 Å². The van der Waals surface area contributed by atoms with E-state index in [1.807, 2.05) is 0 Å². The first-order valence-corrected chi connectivity index (χ1v) is 5.33. The third kappa shape index (κ3) is 1.53. The zero-order valence-corrected chi connectivity index (χ0v) is 7.31. The van der Waals surface area contributed by atoms with Gasteiger partial charge < -0.3 is 0 Å². The first-order chi connectivity index (χ1) is 4.34. The molecule has 43 valence electrons. The Morgan fingerprint density at radius 1 is 1.33 bits per heavy atom. The lowest BCUT2D eigenvalue weighted by Crippen LogP contribution is -2.16. The van der Waals surface area contributed by atoms with Crippen LogP contribution in [0.1, 0.15) is 5.56 Å². The van der Waals surface area contributed by atoms with E-state index in [0.717, 1.165) is 9.04 Å². The molecule has 0 aromatic heterocycles. The van der Waals surface area contributed by atoms with Crippen LogP contribution in [-0.4, -0.2) is 18.8 Å². The molecule has 0 bridgehead atoms. The molecule has 0 amide bonds. The molecule has 0 unspecified atom stereocenters. The standard InChI is InChI=1S/C7H7Si2/c1-6-4-2-3-5-7(6)9-8/h2-5H,1H3. The van der Waals surface area contributed by atoms with E-state index < -0.39 is 0 Å². The highest BCUT2D eigenvalue weighted by atomic mass is 29.1. The van der Waals surface area contributed by atoms with Crippen molar-refractivity contribution in [2.24, 2.45) is 0 Å². The fourth-order valence-corrected chi connectivity index (χ4v) is 2.01. The minimum atomic E-state index is 0.734. The van der Waals surface area contributed by atoms with Crippen LogP contribution in [0.4, 0.5) is 0 Å². The van der Waals surface area contributed by atoms with Crippen LogP contribution >= 0.6 is 0 Å². The molecule has 5 radical (unpaired) electrons. The summed E-state index contributed by atoms with van der Waals surface area (Å²) in [7, 11) is 4.22. The minimum Gasteiger partial charge on any atom is -0.0653 e. The summed E-state index contributed by atoms with van der Waals surface area (Å²) in [5.41, 5.74) is 1.37. The summed E-state index contributed by atoms with van der Waals surface area (Å²) in [6, 6.07) is 8.39. The quantitative estimate of drug-likeness (QED) is 0.505. The van der Waals surface area contributed by atoms with Gasteiger partial charge in [-0.05, 0) is 6.92 Å². The molecule has 0 aliphatic heterocycles. The minimum absolute atomic E-state index is 0.734. The highest BCUT2D eigenvalue weighted by Crippen LogP contribution is 1.89. The van der Waals surface area contributed by atoms with Gasteiger partial charge in [-0.3, -0.25) is 0 Å². The molecule has 0 N–H and O–H groups in total. The van der Waals surface area contributed by atoms with Gasteiger partial charge in [0, 0.05) is 9.76 Å². The third-order valence-electron chi connectivity index (χ3n) is 1.28. The summed E-state index contributed by atoms with van der Waals surface area (Å²) >= 11 is 0. The third-order valence-corrected chi connectivity index (χ3v) is 2.92. The molecule has 0 atom stereocenters. The molecule has 2 heteroatoms. The van der Waals surface area contributed by atoms with Crippen molar-refractivity contribution in [1.29, 1.82) is 0 Å². The highest BCUT2D eigenvalue weighted by Gasteiger charge is 1.90. The molecule has 0 aliphatic carbocycles. The van der Waals surface area contributed by atoms with E-state index >= 15 is 0 Å². The first-order valence-electron chi connectivity index (χ1n) is 2.83. The second kappa shape index (κ2) is 2.99. The predicted octanol–water partition coefficient (Wildman–Crippen LogP) is 0.408. The van der Waals surface area contributed by atoms with Gasteiger partial charge in [0.2, 0.25) is 0 Å². The SMILES string of the molecule is Cc1ccccc1[Si][Si]. The van der Waals surface area contributed by atoms with Crippen LogP contribution in [0, 0.1) is 6.92 Å². The monoisotopic (exact) mass is 147 g/mol. The van der Waals surface area contributed by atoms with Gasteiger partial charge in [0.25, 0.3) is 0 Å². The Morgan fingerprint density at radius 2 is 2.00 bits per heavy atom. The van der Waals surface area contributed by atoms with Gasteiger partial charge in [0.15, 0.2) is 0 Å². The van der Waals surface area contributed by atoms with E-state index in [2.05, 4.69) is 40.9 Å². The lowest BCUT2D eigenvalue weighted by Gasteiger charge is -1.97. The molecule has 0 aliphatic rings. The molecule has 0 fully saturated rings. The largest absolute Gasteiger partial charge is 0.0653 e. The molecule has 0 saturated heterocycles. The Hall–Kier alpha value is -0.346. The Labute approximate surface area is 61.3 Å². The first kappa shape index (κ1) is 6.77. The van der Waals surface area contributed by atoms with E-state index in [0.29, 0.717) is 0 Å². The second-order valence-electron chi connectivity index (χ2n) is 1.94. The topological polar surface area (TPSA) is 0 Å². The van der Waals surface area contributed by atoms with Gasteiger partial charge in [0.05, 0.1) is 9.04 Å². The Balaban J connectivity index is 3.01. The van der Waals surface area contributed by atoms with Crippen LogP contribution in [0.2, 0.25) is 0 Å². The van der Waals surface area contributed by atoms with E-state index in [1.165, 1.54) is 10.8 Å². The summed E-state index contributed by atoms with van der Waals surface area (Å²) in [6.45, 7) is 2.13. The average molecular weight is 147 g/mol. The summed E-state index contributed by atoms with van der Waals surface area (Å²) in [6.07, 6.45) is 0. The fraction of sp³-hybridized carbons (Fsp3) is 0.143. The highest BCUT2D eigenvalue weighted by molar-refractivity contribution is 6.97. The number of aryl methyl sites for hydroxylation is 1. The molecule has 1 aromatic rings. The molecule has 1 aromatic carbocycles.